The lowest BCUT2D eigenvalue weighted by atomic mass is 10.1. The molecule has 0 aliphatic heterocycles. The standard InChI is InChI=1S/C13H18N2O/c1-15(13(16)6-7-14)12-8-10-4-2-3-5-11(10)9-12/h2-5,12H,6-9,14H2,1H3. The van der Waals surface area contributed by atoms with Crippen molar-refractivity contribution in [3.8, 4) is 0 Å². The largest absolute Gasteiger partial charge is 0.342 e. The molecule has 0 unspecified atom stereocenters. The van der Waals surface area contributed by atoms with Crippen LogP contribution in [-0.4, -0.2) is 30.4 Å². The minimum absolute atomic E-state index is 0.153. The van der Waals surface area contributed by atoms with Crippen LogP contribution in [-0.2, 0) is 17.6 Å². The first-order valence-electron chi connectivity index (χ1n) is 5.75. The predicted octanol–water partition coefficient (Wildman–Crippen LogP) is 0.961. The Kier molecular flexibility index (Phi) is 3.25. The molecule has 86 valence electrons. The summed E-state index contributed by atoms with van der Waals surface area (Å²) in [6, 6.07) is 8.73. The van der Waals surface area contributed by atoms with Crippen LogP contribution < -0.4 is 5.73 Å². The number of hydrogen-bond acceptors (Lipinski definition) is 2. The van der Waals surface area contributed by atoms with Crippen molar-refractivity contribution in [2.75, 3.05) is 13.6 Å². The molecule has 0 heterocycles. The smallest absolute Gasteiger partial charge is 0.223 e. The maximum Gasteiger partial charge on any atom is 0.223 e. The number of carbonyl (C=O) groups is 1. The topological polar surface area (TPSA) is 46.3 Å². The number of carbonyl (C=O) groups excluding carboxylic acids is 1. The molecule has 0 saturated heterocycles. The summed E-state index contributed by atoms with van der Waals surface area (Å²) in [6.07, 6.45) is 2.40. The second-order valence-electron chi connectivity index (χ2n) is 4.37. The van der Waals surface area contributed by atoms with E-state index < -0.39 is 0 Å². The molecule has 2 rings (SSSR count). The van der Waals surface area contributed by atoms with Crippen molar-refractivity contribution in [2.24, 2.45) is 5.73 Å². The molecule has 2 N–H and O–H groups in total. The quantitative estimate of drug-likeness (QED) is 0.821. The van der Waals surface area contributed by atoms with Gasteiger partial charge >= 0.3 is 0 Å². The van der Waals surface area contributed by atoms with E-state index in [2.05, 4.69) is 24.3 Å². The van der Waals surface area contributed by atoms with Crippen LogP contribution in [0.4, 0.5) is 0 Å². The molecule has 1 aliphatic rings. The Morgan fingerprint density at radius 3 is 2.44 bits per heavy atom. The van der Waals surface area contributed by atoms with Gasteiger partial charge in [-0.15, -0.1) is 0 Å². The molecular weight excluding hydrogens is 200 g/mol. The summed E-state index contributed by atoms with van der Waals surface area (Å²) in [5.41, 5.74) is 8.15. The van der Waals surface area contributed by atoms with Gasteiger partial charge in [0.2, 0.25) is 5.91 Å². The zero-order valence-corrected chi connectivity index (χ0v) is 9.65. The highest BCUT2D eigenvalue weighted by molar-refractivity contribution is 5.76. The molecule has 3 nitrogen and oxygen atoms in total. The van der Waals surface area contributed by atoms with Gasteiger partial charge in [0.15, 0.2) is 0 Å². The van der Waals surface area contributed by atoms with Crippen LogP contribution in [0.3, 0.4) is 0 Å². The van der Waals surface area contributed by atoms with E-state index in [0.717, 1.165) is 12.8 Å². The molecule has 0 aromatic heterocycles. The lowest BCUT2D eigenvalue weighted by molar-refractivity contribution is -0.131. The van der Waals surface area contributed by atoms with Crippen LogP contribution >= 0.6 is 0 Å². The number of amides is 1. The Bertz CT molecular complexity index is 364. The molecule has 16 heavy (non-hydrogen) atoms. The second kappa shape index (κ2) is 4.66. The number of nitrogens with zero attached hydrogens (tertiary/aromatic N) is 1. The maximum absolute atomic E-state index is 11.7. The molecule has 1 aliphatic carbocycles. The Labute approximate surface area is 96.2 Å². The molecule has 1 aromatic rings. The second-order valence-corrected chi connectivity index (χ2v) is 4.37. The van der Waals surface area contributed by atoms with Crippen molar-refractivity contribution in [2.45, 2.75) is 25.3 Å². The van der Waals surface area contributed by atoms with Gasteiger partial charge in [-0.05, 0) is 24.0 Å². The van der Waals surface area contributed by atoms with Crippen LogP contribution in [0.15, 0.2) is 24.3 Å². The van der Waals surface area contributed by atoms with Gasteiger partial charge in [0.1, 0.15) is 0 Å². The van der Waals surface area contributed by atoms with Crippen molar-refractivity contribution < 1.29 is 4.79 Å². The van der Waals surface area contributed by atoms with E-state index in [1.165, 1.54) is 11.1 Å². The fourth-order valence-electron chi connectivity index (χ4n) is 2.31. The fourth-order valence-corrected chi connectivity index (χ4v) is 2.31. The number of likely N-dealkylation sites (N-methyl/N-ethyl adjacent to an activating group) is 1. The lowest BCUT2D eigenvalue weighted by Gasteiger charge is -2.24. The van der Waals surface area contributed by atoms with E-state index in [1.807, 2.05) is 11.9 Å². The van der Waals surface area contributed by atoms with Gasteiger partial charge in [-0.25, -0.2) is 0 Å². The van der Waals surface area contributed by atoms with Crippen LogP contribution in [0.1, 0.15) is 17.5 Å². The predicted molar refractivity (Wildman–Crippen MR) is 64.1 cm³/mol. The van der Waals surface area contributed by atoms with E-state index >= 15 is 0 Å². The molecule has 0 bridgehead atoms. The normalized spacial score (nSPS) is 14.9. The van der Waals surface area contributed by atoms with Crippen molar-refractivity contribution in [3.63, 3.8) is 0 Å². The highest BCUT2D eigenvalue weighted by Gasteiger charge is 2.26. The van der Waals surface area contributed by atoms with Gasteiger partial charge in [0.25, 0.3) is 0 Å². The molecule has 0 atom stereocenters. The first-order chi connectivity index (χ1) is 7.72. The number of rotatable bonds is 3. The van der Waals surface area contributed by atoms with E-state index in [0.29, 0.717) is 19.0 Å². The summed E-state index contributed by atoms with van der Waals surface area (Å²) < 4.78 is 0. The monoisotopic (exact) mass is 218 g/mol. The highest BCUT2D eigenvalue weighted by atomic mass is 16.2. The first kappa shape index (κ1) is 11.1. The number of benzene rings is 1. The van der Waals surface area contributed by atoms with Gasteiger partial charge < -0.3 is 10.6 Å². The summed E-state index contributed by atoms with van der Waals surface area (Å²) in [5.74, 6) is 0.153. The van der Waals surface area contributed by atoms with E-state index in [-0.39, 0.29) is 5.91 Å². The SMILES string of the molecule is CN(C(=O)CCN)C1Cc2ccccc2C1. The van der Waals surface area contributed by atoms with Gasteiger partial charge in [-0.1, -0.05) is 24.3 Å². The van der Waals surface area contributed by atoms with Crippen molar-refractivity contribution in [3.05, 3.63) is 35.4 Å². The number of fused-ring (bicyclic) bond motifs is 1. The molecule has 1 amide bonds. The molecular formula is C13H18N2O. The number of nitrogens with two attached hydrogens (primary N) is 1. The summed E-state index contributed by atoms with van der Waals surface area (Å²) in [5, 5.41) is 0. The third kappa shape index (κ3) is 2.09. The Morgan fingerprint density at radius 1 is 1.38 bits per heavy atom. The third-order valence-corrected chi connectivity index (χ3v) is 3.33. The Balaban J connectivity index is 2.03. The molecule has 1 aromatic carbocycles. The summed E-state index contributed by atoms with van der Waals surface area (Å²) in [6.45, 7) is 0.433. The highest BCUT2D eigenvalue weighted by Crippen LogP contribution is 2.24. The molecule has 0 fully saturated rings. The van der Waals surface area contributed by atoms with Crippen LogP contribution in [0, 0.1) is 0 Å². The van der Waals surface area contributed by atoms with Crippen molar-refractivity contribution >= 4 is 5.91 Å². The molecule has 3 heteroatoms. The minimum atomic E-state index is 0.153. The van der Waals surface area contributed by atoms with E-state index in [4.69, 9.17) is 5.73 Å². The molecule has 0 radical (unpaired) electrons. The van der Waals surface area contributed by atoms with E-state index in [1.54, 1.807) is 0 Å². The zero-order chi connectivity index (χ0) is 11.5. The van der Waals surface area contributed by atoms with Crippen LogP contribution in [0.5, 0.6) is 0 Å². The van der Waals surface area contributed by atoms with Gasteiger partial charge in [0, 0.05) is 26.1 Å². The average molecular weight is 218 g/mol. The van der Waals surface area contributed by atoms with Crippen molar-refractivity contribution in [1.82, 2.24) is 4.90 Å². The van der Waals surface area contributed by atoms with Gasteiger partial charge in [-0.3, -0.25) is 4.79 Å². The van der Waals surface area contributed by atoms with Crippen LogP contribution in [0.25, 0.3) is 0 Å². The summed E-state index contributed by atoms with van der Waals surface area (Å²) in [4.78, 5) is 13.6. The van der Waals surface area contributed by atoms with Gasteiger partial charge in [0.05, 0.1) is 0 Å². The van der Waals surface area contributed by atoms with Crippen LogP contribution in [0.2, 0.25) is 0 Å². The fraction of sp³-hybridized carbons (Fsp3) is 0.462. The average Bonchev–Trinajstić information content (AvgIpc) is 2.71. The third-order valence-electron chi connectivity index (χ3n) is 3.33. The van der Waals surface area contributed by atoms with Gasteiger partial charge in [-0.2, -0.15) is 0 Å². The minimum Gasteiger partial charge on any atom is -0.342 e. The van der Waals surface area contributed by atoms with E-state index in [9.17, 15) is 4.79 Å². The Morgan fingerprint density at radius 2 is 1.94 bits per heavy atom. The summed E-state index contributed by atoms with van der Waals surface area (Å²) in [7, 11) is 1.88. The lowest BCUT2D eigenvalue weighted by Crippen LogP contribution is -2.38. The Hall–Kier alpha value is -1.35. The maximum atomic E-state index is 11.7. The van der Waals surface area contributed by atoms with Crippen molar-refractivity contribution in [1.29, 1.82) is 0 Å². The summed E-state index contributed by atoms with van der Waals surface area (Å²) >= 11 is 0. The molecule has 0 spiro atoms. The molecule has 0 saturated carbocycles. The zero-order valence-electron chi connectivity index (χ0n) is 9.65. The first-order valence-corrected chi connectivity index (χ1v) is 5.75. The number of hydrogen-bond donors (Lipinski definition) is 1.